The van der Waals surface area contributed by atoms with Gasteiger partial charge in [-0.3, -0.25) is 4.99 Å². The smallest absolute Gasteiger partial charge is 0.127 e. The average Bonchev–Trinajstić information content (AvgIpc) is 2.18. The summed E-state index contributed by atoms with van der Waals surface area (Å²) in [5.74, 6) is 0.311. The summed E-state index contributed by atoms with van der Waals surface area (Å²) in [5.41, 5.74) is 8.00. The molecule has 0 atom stereocenters. The Morgan fingerprint density at radius 3 is 2.64 bits per heavy atom. The highest BCUT2D eigenvalue weighted by Crippen LogP contribution is 2.23. The van der Waals surface area contributed by atoms with Crippen LogP contribution in [-0.4, -0.2) is 24.4 Å². The Hall–Kier alpha value is -1.35. The molecule has 0 heterocycles. The van der Waals surface area contributed by atoms with Crippen LogP contribution in [0.1, 0.15) is 16.7 Å². The standard InChI is InChI=1S/C11H16N2O/c1-8-3-4-9(2)11(14)10(8)7-13-6-5-12/h3-4,7,14H,5-6,12H2,1-2H3. The molecule has 0 spiro atoms. The molecule has 76 valence electrons. The van der Waals surface area contributed by atoms with E-state index in [1.807, 2.05) is 26.0 Å². The van der Waals surface area contributed by atoms with Crippen LogP contribution in [-0.2, 0) is 0 Å². The number of nitrogens with zero attached hydrogens (tertiary/aromatic N) is 1. The quantitative estimate of drug-likeness (QED) is 0.711. The van der Waals surface area contributed by atoms with Gasteiger partial charge in [0, 0.05) is 18.3 Å². The fourth-order valence-electron chi connectivity index (χ4n) is 1.21. The molecule has 0 bridgehead atoms. The van der Waals surface area contributed by atoms with E-state index in [2.05, 4.69) is 4.99 Å². The minimum atomic E-state index is 0.311. The summed E-state index contributed by atoms with van der Waals surface area (Å²) in [6.07, 6.45) is 1.69. The van der Waals surface area contributed by atoms with Gasteiger partial charge in [0.05, 0.1) is 6.54 Å². The zero-order valence-corrected chi connectivity index (χ0v) is 8.62. The van der Waals surface area contributed by atoms with E-state index < -0.39 is 0 Å². The van der Waals surface area contributed by atoms with E-state index in [1.165, 1.54) is 0 Å². The molecule has 0 aliphatic carbocycles. The first kappa shape index (κ1) is 10.7. The molecule has 0 aliphatic heterocycles. The van der Waals surface area contributed by atoms with Gasteiger partial charge in [-0.05, 0) is 25.0 Å². The normalized spacial score (nSPS) is 11.1. The lowest BCUT2D eigenvalue weighted by molar-refractivity contribution is 0.470. The third kappa shape index (κ3) is 2.33. The Balaban J connectivity index is 3.00. The fourth-order valence-corrected chi connectivity index (χ4v) is 1.21. The van der Waals surface area contributed by atoms with Crippen LogP contribution < -0.4 is 5.73 Å². The van der Waals surface area contributed by atoms with Crippen molar-refractivity contribution < 1.29 is 5.11 Å². The molecule has 0 aliphatic rings. The number of benzene rings is 1. The van der Waals surface area contributed by atoms with Gasteiger partial charge in [-0.2, -0.15) is 0 Å². The molecular formula is C11H16N2O. The van der Waals surface area contributed by atoms with Crippen LogP contribution in [0.2, 0.25) is 0 Å². The molecule has 3 heteroatoms. The van der Waals surface area contributed by atoms with Crippen molar-refractivity contribution in [2.45, 2.75) is 13.8 Å². The maximum Gasteiger partial charge on any atom is 0.127 e. The number of phenolic OH excluding ortho intramolecular Hbond substituents is 1. The van der Waals surface area contributed by atoms with Gasteiger partial charge in [-0.1, -0.05) is 12.1 Å². The SMILES string of the molecule is Cc1ccc(C)c(C=NCCN)c1O. The van der Waals surface area contributed by atoms with Crippen molar-refractivity contribution in [2.24, 2.45) is 10.7 Å². The number of hydrogen-bond donors (Lipinski definition) is 2. The minimum absolute atomic E-state index is 0.311. The van der Waals surface area contributed by atoms with Crippen LogP contribution in [0.25, 0.3) is 0 Å². The van der Waals surface area contributed by atoms with E-state index in [4.69, 9.17) is 5.73 Å². The number of aryl methyl sites for hydroxylation is 2. The highest BCUT2D eigenvalue weighted by atomic mass is 16.3. The van der Waals surface area contributed by atoms with Crippen molar-refractivity contribution in [1.29, 1.82) is 0 Å². The maximum atomic E-state index is 9.76. The molecule has 0 fully saturated rings. The van der Waals surface area contributed by atoms with Crippen molar-refractivity contribution >= 4 is 6.21 Å². The Bertz CT molecular complexity index is 345. The lowest BCUT2D eigenvalue weighted by atomic mass is 10.0. The molecule has 1 rings (SSSR count). The molecule has 1 aromatic carbocycles. The van der Waals surface area contributed by atoms with Crippen molar-refractivity contribution in [1.82, 2.24) is 0 Å². The van der Waals surface area contributed by atoms with Crippen LogP contribution in [0.15, 0.2) is 17.1 Å². The van der Waals surface area contributed by atoms with Crippen LogP contribution >= 0.6 is 0 Å². The Labute approximate surface area is 84.3 Å². The first-order valence-electron chi connectivity index (χ1n) is 4.66. The predicted octanol–water partition coefficient (Wildman–Crippen LogP) is 1.39. The van der Waals surface area contributed by atoms with Gasteiger partial charge in [0.1, 0.15) is 5.75 Å². The van der Waals surface area contributed by atoms with Crippen molar-refractivity contribution in [3.05, 3.63) is 28.8 Å². The largest absolute Gasteiger partial charge is 0.507 e. The second-order valence-electron chi connectivity index (χ2n) is 3.29. The second kappa shape index (κ2) is 4.77. The lowest BCUT2D eigenvalue weighted by Gasteiger charge is -2.05. The Kier molecular flexibility index (Phi) is 3.65. The van der Waals surface area contributed by atoms with E-state index in [-0.39, 0.29) is 0 Å². The monoisotopic (exact) mass is 192 g/mol. The second-order valence-corrected chi connectivity index (χ2v) is 3.29. The van der Waals surface area contributed by atoms with Gasteiger partial charge >= 0.3 is 0 Å². The highest BCUT2D eigenvalue weighted by molar-refractivity contribution is 5.86. The lowest BCUT2D eigenvalue weighted by Crippen LogP contribution is -2.02. The minimum Gasteiger partial charge on any atom is -0.507 e. The van der Waals surface area contributed by atoms with Gasteiger partial charge in [0.25, 0.3) is 0 Å². The number of nitrogens with two attached hydrogens (primary N) is 1. The van der Waals surface area contributed by atoms with Gasteiger partial charge in [0.15, 0.2) is 0 Å². The van der Waals surface area contributed by atoms with Gasteiger partial charge < -0.3 is 10.8 Å². The van der Waals surface area contributed by atoms with Crippen LogP contribution in [0.4, 0.5) is 0 Å². The zero-order chi connectivity index (χ0) is 10.6. The molecule has 1 aromatic rings. The first-order chi connectivity index (χ1) is 6.66. The van der Waals surface area contributed by atoms with E-state index in [9.17, 15) is 5.11 Å². The fraction of sp³-hybridized carbons (Fsp3) is 0.364. The molecule has 3 N–H and O–H groups in total. The first-order valence-corrected chi connectivity index (χ1v) is 4.66. The van der Waals surface area contributed by atoms with Crippen molar-refractivity contribution in [2.75, 3.05) is 13.1 Å². The van der Waals surface area contributed by atoms with Crippen molar-refractivity contribution in [3.8, 4) is 5.75 Å². The number of hydrogen-bond acceptors (Lipinski definition) is 3. The van der Waals surface area contributed by atoms with Crippen LogP contribution in [0, 0.1) is 13.8 Å². The number of aliphatic imine (C=N–C) groups is 1. The molecule has 0 unspecified atom stereocenters. The summed E-state index contributed by atoms with van der Waals surface area (Å²) in [6.45, 7) is 4.94. The number of rotatable bonds is 3. The summed E-state index contributed by atoms with van der Waals surface area (Å²) in [6, 6.07) is 3.86. The van der Waals surface area contributed by atoms with Crippen molar-refractivity contribution in [3.63, 3.8) is 0 Å². The van der Waals surface area contributed by atoms with E-state index in [0.29, 0.717) is 18.8 Å². The maximum absolute atomic E-state index is 9.76. The van der Waals surface area contributed by atoms with Gasteiger partial charge in [0.2, 0.25) is 0 Å². The third-order valence-electron chi connectivity index (χ3n) is 2.12. The van der Waals surface area contributed by atoms with Gasteiger partial charge in [-0.15, -0.1) is 0 Å². The molecule has 0 amide bonds. The Morgan fingerprint density at radius 2 is 2.00 bits per heavy atom. The number of aromatic hydroxyl groups is 1. The predicted molar refractivity (Wildman–Crippen MR) is 59.1 cm³/mol. The highest BCUT2D eigenvalue weighted by Gasteiger charge is 2.04. The topological polar surface area (TPSA) is 58.6 Å². The summed E-state index contributed by atoms with van der Waals surface area (Å²) < 4.78 is 0. The molecule has 0 saturated heterocycles. The summed E-state index contributed by atoms with van der Waals surface area (Å²) in [5, 5.41) is 9.76. The third-order valence-corrected chi connectivity index (χ3v) is 2.12. The van der Waals surface area contributed by atoms with E-state index >= 15 is 0 Å². The summed E-state index contributed by atoms with van der Waals surface area (Å²) in [4.78, 5) is 4.11. The van der Waals surface area contributed by atoms with E-state index in [1.54, 1.807) is 6.21 Å². The molecule has 14 heavy (non-hydrogen) atoms. The van der Waals surface area contributed by atoms with Crippen LogP contribution in [0.3, 0.4) is 0 Å². The molecule has 0 radical (unpaired) electrons. The number of phenols is 1. The average molecular weight is 192 g/mol. The zero-order valence-electron chi connectivity index (χ0n) is 8.62. The van der Waals surface area contributed by atoms with Gasteiger partial charge in [-0.25, -0.2) is 0 Å². The molecular weight excluding hydrogens is 176 g/mol. The Morgan fingerprint density at radius 1 is 1.36 bits per heavy atom. The van der Waals surface area contributed by atoms with Crippen LogP contribution in [0.5, 0.6) is 5.75 Å². The summed E-state index contributed by atoms with van der Waals surface area (Å²) in [7, 11) is 0. The molecule has 0 aromatic heterocycles. The molecule has 0 saturated carbocycles. The summed E-state index contributed by atoms with van der Waals surface area (Å²) >= 11 is 0. The van der Waals surface area contributed by atoms with E-state index in [0.717, 1.165) is 16.7 Å². The molecule has 3 nitrogen and oxygen atoms in total.